The fourth-order valence-corrected chi connectivity index (χ4v) is 3.57. The highest BCUT2D eigenvalue weighted by Crippen LogP contribution is 2.34. The Hall–Kier alpha value is -2.64. The van der Waals surface area contributed by atoms with Crippen LogP contribution < -0.4 is 11.1 Å². The second kappa shape index (κ2) is 8.83. The van der Waals surface area contributed by atoms with E-state index in [0.29, 0.717) is 12.1 Å². The second-order valence-corrected chi connectivity index (χ2v) is 7.61. The predicted molar refractivity (Wildman–Crippen MR) is 109 cm³/mol. The summed E-state index contributed by atoms with van der Waals surface area (Å²) in [5, 5.41) is 12.0. The average molecular weight is 382 g/mol. The van der Waals surface area contributed by atoms with Gasteiger partial charge in [-0.05, 0) is 55.3 Å². The van der Waals surface area contributed by atoms with Crippen LogP contribution in [0.3, 0.4) is 0 Å². The number of nitrogens with one attached hydrogen (secondary N) is 1. The summed E-state index contributed by atoms with van der Waals surface area (Å²) in [7, 11) is 1.92. The Labute approximate surface area is 163 Å². The van der Waals surface area contributed by atoms with Crippen molar-refractivity contribution >= 4 is 23.4 Å². The summed E-state index contributed by atoms with van der Waals surface area (Å²) in [6.45, 7) is 2.71. The summed E-state index contributed by atoms with van der Waals surface area (Å²) in [4.78, 5) is 12.5. The van der Waals surface area contributed by atoms with Gasteiger partial charge in [-0.15, -0.1) is 10.2 Å². The van der Waals surface area contributed by atoms with Crippen molar-refractivity contribution in [1.82, 2.24) is 14.8 Å². The Bertz CT molecular complexity index is 907. The number of carbonyl (C=O) groups is 1. The number of anilines is 1. The monoisotopic (exact) mass is 381 g/mol. The van der Waals surface area contributed by atoms with Crippen LogP contribution in [-0.2, 0) is 13.5 Å². The molecule has 1 heterocycles. The first kappa shape index (κ1) is 19.1. The van der Waals surface area contributed by atoms with Gasteiger partial charge in [-0.25, -0.2) is 0 Å². The van der Waals surface area contributed by atoms with Gasteiger partial charge in [0.1, 0.15) is 6.33 Å². The van der Waals surface area contributed by atoms with Crippen molar-refractivity contribution in [2.24, 2.45) is 12.8 Å². The number of thioether (sulfide) groups is 1. The van der Waals surface area contributed by atoms with Gasteiger partial charge in [-0.3, -0.25) is 4.79 Å². The minimum absolute atomic E-state index is 0.125. The maximum atomic E-state index is 12.5. The van der Waals surface area contributed by atoms with E-state index in [1.54, 1.807) is 18.1 Å². The molecule has 3 rings (SSSR count). The van der Waals surface area contributed by atoms with Crippen LogP contribution in [0, 0.1) is 0 Å². The Balaban J connectivity index is 1.67. The van der Waals surface area contributed by atoms with Crippen LogP contribution in [0.1, 0.15) is 33.7 Å². The number of amides is 1. The normalized spacial score (nSPS) is 12.0. The summed E-state index contributed by atoms with van der Waals surface area (Å²) in [5.74, 6) is -0.125. The molecule has 1 aromatic heterocycles. The molecule has 2 aromatic carbocycles. The molecule has 1 unspecified atom stereocenters. The summed E-state index contributed by atoms with van der Waals surface area (Å²) in [5.41, 5.74) is 9.20. The first-order chi connectivity index (χ1) is 13.1. The molecular formula is C20H23N5OS. The lowest BCUT2D eigenvalue weighted by Gasteiger charge is -2.13. The lowest BCUT2D eigenvalue weighted by Crippen LogP contribution is -2.12. The van der Waals surface area contributed by atoms with Gasteiger partial charge in [0.15, 0.2) is 5.16 Å². The topological polar surface area (TPSA) is 85.8 Å². The highest BCUT2D eigenvalue weighted by atomic mass is 32.2. The largest absolute Gasteiger partial charge is 0.330 e. The SMILES string of the molecule is CC(Sc1nncn1C)c1cccc(NC(=O)c2ccc(CCN)cc2)c1. The Morgan fingerprint density at radius 1 is 1.26 bits per heavy atom. The molecule has 0 bridgehead atoms. The van der Waals surface area contributed by atoms with Crippen LogP contribution in [0.2, 0.25) is 0 Å². The minimum atomic E-state index is -0.125. The van der Waals surface area contributed by atoms with E-state index in [9.17, 15) is 4.79 Å². The number of rotatable bonds is 7. The van der Waals surface area contributed by atoms with Gasteiger partial charge < -0.3 is 15.6 Å². The zero-order chi connectivity index (χ0) is 19.2. The molecule has 1 atom stereocenters. The molecule has 140 valence electrons. The highest BCUT2D eigenvalue weighted by Gasteiger charge is 2.13. The molecule has 0 spiro atoms. The molecule has 1 amide bonds. The molecule has 7 heteroatoms. The minimum Gasteiger partial charge on any atom is -0.330 e. The molecule has 0 aliphatic carbocycles. The molecule has 0 aliphatic rings. The third kappa shape index (κ3) is 4.96. The Kier molecular flexibility index (Phi) is 6.26. The molecule has 6 nitrogen and oxygen atoms in total. The van der Waals surface area contributed by atoms with Gasteiger partial charge in [-0.1, -0.05) is 36.0 Å². The number of aryl methyl sites for hydroxylation is 1. The van der Waals surface area contributed by atoms with E-state index in [1.807, 2.05) is 60.1 Å². The first-order valence-electron chi connectivity index (χ1n) is 8.78. The molecule has 0 fully saturated rings. The fourth-order valence-electron chi connectivity index (χ4n) is 2.67. The molecule has 27 heavy (non-hydrogen) atoms. The Morgan fingerprint density at radius 2 is 2.04 bits per heavy atom. The van der Waals surface area contributed by atoms with E-state index in [0.717, 1.165) is 28.4 Å². The average Bonchev–Trinajstić information content (AvgIpc) is 3.07. The predicted octanol–water partition coefficient (Wildman–Crippen LogP) is 3.42. The van der Waals surface area contributed by atoms with Crippen LogP contribution in [-0.4, -0.2) is 27.2 Å². The lowest BCUT2D eigenvalue weighted by atomic mass is 10.1. The number of aromatic nitrogens is 3. The van der Waals surface area contributed by atoms with Crippen molar-refractivity contribution in [3.8, 4) is 0 Å². The number of nitrogens with two attached hydrogens (primary N) is 1. The van der Waals surface area contributed by atoms with E-state index in [2.05, 4.69) is 22.4 Å². The highest BCUT2D eigenvalue weighted by molar-refractivity contribution is 7.99. The molecule has 3 aromatic rings. The van der Waals surface area contributed by atoms with E-state index < -0.39 is 0 Å². The third-order valence-corrected chi connectivity index (χ3v) is 5.42. The van der Waals surface area contributed by atoms with Gasteiger partial charge in [0, 0.05) is 23.5 Å². The van der Waals surface area contributed by atoms with Crippen molar-refractivity contribution < 1.29 is 4.79 Å². The van der Waals surface area contributed by atoms with Crippen LogP contribution in [0.15, 0.2) is 60.0 Å². The zero-order valence-electron chi connectivity index (χ0n) is 15.4. The van der Waals surface area contributed by atoms with Crippen molar-refractivity contribution in [2.75, 3.05) is 11.9 Å². The zero-order valence-corrected chi connectivity index (χ0v) is 16.2. The van der Waals surface area contributed by atoms with E-state index >= 15 is 0 Å². The van der Waals surface area contributed by atoms with Crippen LogP contribution in [0.4, 0.5) is 5.69 Å². The van der Waals surface area contributed by atoms with Crippen LogP contribution in [0.25, 0.3) is 0 Å². The number of nitrogens with zero attached hydrogens (tertiary/aromatic N) is 3. The quantitative estimate of drug-likeness (QED) is 0.613. The van der Waals surface area contributed by atoms with E-state index in [1.165, 1.54) is 0 Å². The molecule has 0 aliphatic heterocycles. The van der Waals surface area contributed by atoms with Gasteiger partial charge in [0.25, 0.3) is 5.91 Å². The van der Waals surface area contributed by atoms with Crippen LogP contribution in [0.5, 0.6) is 0 Å². The second-order valence-electron chi connectivity index (χ2n) is 6.30. The smallest absolute Gasteiger partial charge is 0.255 e. The lowest BCUT2D eigenvalue weighted by molar-refractivity contribution is 0.102. The fraction of sp³-hybridized carbons (Fsp3) is 0.250. The third-order valence-electron chi connectivity index (χ3n) is 4.22. The summed E-state index contributed by atoms with van der Waals surface area (Å²) >= 11 is 1.63. The number of hydrogen-bond donors (Lipinski definition) is 2. The number of carbonyl (C=O) groups excluding carboxylic acids is 1. The summed E-state index contributed by atoms with van der Waals surface area (Å²) in [6, 6.07) is 15.4. The van der Waals surface area contributed by atoms with Crippen LogP contribution >= 0.6 is 11.8 Å². The molecular weight excluding hydrogens is 358 g/mol. The standard InChI is InChI=1S/C20H23N5OS/c1-14(27-20-24-22-13-25(20)2)17-4-3-5-18(12-17)23-19(26)16-8-6-15(7-9-16)10-11-21/h3-9,12-14H,10-11,21H2,1-2H3,(H,23,26). The van der Waals surface area contributed by atoms with Gasteiger partial charge in [-0.2, -0.15) is 0 Å². The molecule has 0 saturated carbocycles. The van der Waals surface area contributed by atoms with E-state index in [-0.39, 0.29) is 11.2 Å². The molecule has 0 radical (unpaired) electrons. The number of benzene rings is 2. The molecule has 0 saturated heterocycles. The maximum absolute atomic E-state index is 12.5. The summed E-state index contributed by atoms with van der Waals surface area (Å²) < 4.78 is 1.89. The first-order valence-corrected chi connectivity index (χ1v) is 9.65. The van der Waals surface area contributed by atoms with Crippen molar-refractivity contribution in [1.29, 1.82) is 0 Å². The van der Waals surface area contributed by atoms with Gasteiger partial charge in [0.05, 0.1) is 0 Å². The van der Waals surface area contributed by atoms with Gasteiger partial charge in [0.2, 0.25) is 0 Å². The molecule has 3 N–H and O–H groups in total. The number of hydrogen-bond acceptors (Lipinski definition) is 5. The maximum Gasteiger partial charge on any atom is 0.255 e. The van der Waals surface area contributed by atoms with Crippen molar-refractivity contribution in [3.63, 3.8) is 0 Å². The Morgan fingerprint density at radius 3 is 2.70 bits per heavy atom. The van der Waals surface area contributed by atoms with E-state index in [4.69, 9.17) is 5.73 Å². The van der Waals surface area contributed by atoms with Crippen molar-refractivity contribution in [2.45, 2.75) is 23.8 Å². The van der Waals surface area contributed by atoms with Gasteiger partial charge >= 0.3 is 0 Å². The summed E-state index contributed by atoms with van der Waals surface area (Å²) in [6.07, 6.45) is 2.50. The van der Waals surface area contributed by atoms with Crippen molar-refractivity contribution in [3.05, 3.63) is 71.5 Å².